The summed E-state index contributed by atoms with van der Waals surface area (Å²) in [6, 6.07) is 25.1. The van der Waals surface area contributed by atoms with Crippen LogP contribution in [0.3, 0.4) is 0 Å². The molecule has 2 aliphatic heterocycles. The van der Waals surface area contributed by atoms with Crippen molar-refractivity contribution in [1.82, 2.24) is 0 Å². The van der Waals surface area contributed by atoms with Gasteiger partial charge in [0.05, 0.1) is 5.41 Å². The second-order valence-electron chi connectivity index (χ2n) is 13.2. The van der Waals surface area contributed by atoms with Gasteiger partial charge in [0.25, 0.3) is 0 Å². The van der Waals surface area contributed by atoms with Crippen LogP contribution in [-0.2, 0) is 20.4 Å². The van der Waals surface area contributed by atoms with Gasteiger partial charge in [0, 0.05) is 53.4 Å². The van der Waals surface area contributed by atoms with E-state index >= 15 is 0 Å². The summed E-state index contributed by atoms with van der Waals surface area (Å²) in [5, 5.41) is 25.6. The Kier molecular flexibility index (Phi) is 9.79. The maximum Gasteiger partial charge on any atom is 0.309 e. The molecule has 0 spiro atoms. The summed E-state index contributed by atoms with van der Waals surface area (Å²) in [6.45, 7) is 9.50. The van der Waals surface area contributed by atoms with Gasteiger partial charge in [-0.3, -0.25) is 4.79 Å². The number of nitrogens with zero attached hydrogens (tertiary/aromatic N) is 2. The van der Waals surface area contributed by atoms with Gasteiger partial charge in [0.1, 0.15) is 6.42 Å². The lowest BCUT2D eigenvalue weighted by molar-refractivity contribution is -0.436. The van der Waals surface area contributed by atoms with E-state index in [2.05, 4.69) is 104 Å². The van der Waals surface area contributed by atoms with Crippen LogP contribution in [0, 0.1) is 0 Å². The number of carboxylic acid groups (broad SMARTS) is 2. The summed E-state index contributed by atoms with van der Waals surface area (Å²) >= 11 is 0. The molecule has 0 fully saturated rings. The molecule has 2 heterocycles. The lowest BCUT2D eigenvalue weighted by Crippen LogP contribution is -2.31. The van der Waals surface area contributed by atoms with Crippen molar-refractivity contribution in [1.29, 1.82) is 0 Å². The van der Waals surface area contributed by atoms with E-state index in [9.17, 15) is 19.8 Å². The van der Waals surface area contributed by atoms with E-state index in [-0.39, 0.29) is 36.1 Å². The standard InChI is InChI=1S/C41H40N2O4.ClH/c1-40(2)34(42(26-24-36(44)45)32-22-20-28-14-10-12-16-30(28)38(32)40)18-8-6-5-7-9-19-35-41(3,4)39-31-17-13-11-15-29(31)21-23-33(39)43(35)27-25-37(46)47;/h5-23H,24-27H2,1-4H3,(H-,44,45,46,47);1H. The predicted octanol–water partition coefficient (Wildman–Crippen LogP) is 7.76. The summed E-state index contributed by atoms with van der Waals surface area (Å²) < 4.78 is 2.14. The van der Waals surface area contributed by atoms with Gasteiger partial charge in [-0.2, -0.15) is 4.58 Å². The topological polar surface area (TPSA) is 83.7 Å². The van der Waals surface area contributed by atoms with Crippen LogP contribution < -0.4 is 10.0 Å². The third kappa shape index (κ3) is 6.20. The number of carbonyl (C=O) groups is 2. The zero-order valence-electron chi connectivity index (χ0n) is 27.8. The molecule has 4 aromatic carbocycles. The van der Waals surface area contributed by atoms with Crippen LogP contribution in [0.2, 0.25) is 0 Å². The van der Waals surface area contributed by atoms with Crippen molar-refractivity contribution < 1.29 is 24.4 Å². The summed E-state index contributed by atoms with van der Waals surface area (Å²) in [5.41, 5.74) is 5.94. The smallest absolute Gasteiger partial charge is 0.309 e. The molecule has 0 bridgehead atoms. The van der Waals surface area contributed by atoms with E-state index in [4.69, 9.17) is 0 Å². The van der Waals surface area contributed by atoms with Crippen LogP contribution in [-0.4, -0.2) is 40.4 Å². The van der Waals surface area contributed by atoms with Crippen molar-refractivity contribution in [3.63, 3.8) is 0 Å². The van der Waals surface area contributed by atoms with Crippen molar-refractivity contribution in [2.24, 2.45) is 0 Å². The van der Waals surface area contributed by atoms with Crippen LogP contribution in [0.25, 0.3) is 21.5 Å². The van der Waals surface area contributed by atoms with E-state index in [1.165, 1.54) is 27.3 Å². The Bertz CT molecular complexity index is 2070. The first-order chi connectivity index (χ1) is 22.5. The first-order valence-electron chi connectivity index (χ1n) is 16.1. The van der Waals surface area contributed by atoms with Crippen molar-refractivity contribution in [3.05, 3.63) is 132 Å². The van der Waals surface area contributed by atoms with Crippen LogP contribution in [0.4, 0.5) is 11.4 Å². The van der Waals surface area contributed by atoms with Gasteiger partial charge >= 0.3 is 5.97 Å². The highest BCUT2D eigenvalue weighted by Gasteiger charge is 2.45. The summed E-state index contributed by atoms with van der Waals surface area (Å²) in [6.07, 6.45) is 14.1. The number of anilines is 1. The first kappa shape index (κ1) is 34.4. The van der Waals surface area contributed by atoms with E-state index in [1.54, 1.807) is 0 Å². The number of fused-ring (bicyclic) bond motifs is 6. The summed E-state index contributed by atoms with van der Waals surface area (Å²) in [5.74, 6) is -1.89. The molecule has 0 saturated carbocycles. The molecule has 4 aromatic rings. The van der Waals surface area contributed by atoms with Crippen LogP contribution in [0.5, 0.6) is 0 Å². The zero-order valence-corrected chi connectivity index (χ0v) is 28.6. The molecule has 0 aliphatic carbocycles. The molecule has 6 rings (SSSR count). The number of allylic oxidation sites excluding steroid dienone is 8. The second-order valence-corrected chi connectivity index (χ2v) is 13.2. The normalized spacial score (nSPS) is 17.2. The minimum Gasteiger partial charge on any atom is -0.550 e. The predicted molar refractivity (Wildman–Crippen MR) is 196 cm³/mol. The molecule has 1 N–H and O–H groups in total. The Morgan fingerprint density at radius 1 is 0.771 bits per heavy atom. The van der Waals surface area contributed by atoms with Gasteiger partial charge in [-0.1, -0.05) is 98.8 Å². The highest BCUT2D eigenvalue weighted by Crippen LogP contribution is 2.51. The fraction of sp³-hybridized carbons (Fsp3) is 0.244. The maximum absolute atomic E-state index is 11.5. The number of benzene rings is 4. The van der Waals surface area contributed by atoms with Gasteiger partial charge < -0.3 is 19.9 Å². The summed E-state index contributed by atoms with van der Waals surface area (Å²) in [7, 11) is 0. The molecule has 0 amide bonds. The number of carboxylic acids is 2. The van der Waals surface area contributed by atoms with Crippen molar-refractivity contribution in [3.8, 4) is 0 Å². The van der Waals surface area contributed by atoms with E-state index in [1.807, 2.05) is 48.6 Å². The fourth-order valence-corrected chi connectivity index (χ4v) is 7.45. The Balaban J connectivity index is 0.00000451. The third-order valence-corrected chi connectivity index (χ3v) is 9.55. The van der Waals surface area contributed by atoms with Crippen molar-refractivity contribution >= 4 is 63.0 Å². The average molecular weight is 661 g/mol. The van der Waals surface area contributed by atoms with E-state index in [0.29, 0.717) is 13.1 Å². The van der Waals surface area contributed by atoms with Crippen LogP contribution in [0.1, 0.15) is 51.7 Å². The fourth-order valence-electron chi connectivity index (χ4n) is 7.45. The molecule has 6 nitrogen and oxygen atoms in total. The second kappa shape index (κ2) is 13.7. The molecule has 48 heavy (non-hydrogen) atoms. The van der Waals surface area contributed by atoms with Gasteiger partial charge in [0.15, 0.2) is 12.3 Å². The van der Waals surface area contributed by atoms with Crippen LogP contribution >= 0.6 is 12.4 Å². The molecule has 0 saturated heterocycles. The molecule has 0 unspecified atom stereocenters. The van der Waals surface area contributed by atoms with Crippen LogP contribution in [0.15, 0.2) is 121 Å². The van der Waals surface area contributed by atoms with Crippen molar-refractivity contribution in [2.45, 2.75) is 51.4 Å². The number of hydrogen-bond acceptors (Lipinski definition) is 4. The van der Waals surface area contributed by atoms with E-state index < -0.39 is 11.9 Å². The quantitative estimate of drug-likeness (QED) is 0.139. The minimum absolute atomic E-state index is 0. The van der Waals surface area contributed by atoms with Gasteiger partial charge in [-0.05, 0) is 59.2 Å². The number of carbonyl (C=O) groups excluding carboxylic acids is 1. The average Bonchev–Trinajstić information content (AvgIpc) is 3.40. The van der Waals surface area contributed by atoms with Gasteiger partial charge in [0.2, 0.25) is 5.69 Å². The molecular weight excluding hydrogens is 620 g/mol. The Labute approximate surface area is 288 Å². The Morgan fingerprint density at radius 2 is 1.38 bits per heavy atom. The SMILES string of the molecule is CC1(C)C(/C=C/C=C/C=C/C=C2/N(CCC(=O)[O-])c3ccc4ccccc4c3C2(C)C)=[N+](CCC(=O)O)c2ccc3ccccc3c21.Cl. The van der Waals surface area contributed by atoms with Crippen molar-refractivity contribution in [2.75, 3.05) is 18.0 Å². The molecule has 0 atom stereocenters. The largest absolute Gasteiger partial charge is 0.550 e. The Hall–Kier alpha value is -4.94. The highest BCUT2D eigenvalue weighted by atomic mass is 35.5. The van der Waals surface area contributed by atoms with E-state index in [0.717, 1.165) is 28.2 Å². The number of hydrogen-bond donors (Lipinski definition) is 1. The summed E-state index contributed by atoms with van der Waals surface area (Å²) in [4.78, 5) is 25.1. The number of aliphatic carboxylic acids is 2. The monoisotopic (exact) mass is 660 g/mol. The number of rotatable bonds is 10. The molecule has 7 heteroatoms. The molecule has 246 valence electrons. The molecule has 2 aliphatic rings. The van der Waals surface area contributed by atoms with Gasteiger partial charge in [-0.15, -0.1) is 12.4 Å². The molecular formula is C41H41ClN2O4. The lowest BCUT2D eigenvalue weighted by Gasteiger charge is -2.27. The first-order valence-corrected chi connectivity index (χ1v) is 16.1. The maximum atomic E-state index is 11.5. The minimum atomic E-state index is -1.07. The molecule has 0 aromatic heterocycles. The third-order valence-electron chi connectivity index (χ3n) is 9.55. The lowest BCUT2D eigenvalue weighted by atomic mass is 9.79. The van der Waals surface area contributed by atoms with Gasteiger partial charge in [-0.25, -0.2) is 0 Å². The Morgan fingerprint density at radius 3 is 2.04 bits per heavy atom. The zero-order chi connectivity index (χ0) is 33.3. The number of halogens is 1. The molecule has 0 radical (unpaired) electrons. The highest BCUT2D eigenvalue weighted by molar-refractivity contribution is 6.07.